The van der Waals surface area contributed by atoms with Gasteiger partial charge in [-0.25, -0.2) is 4.79 Å². The van der Waals surface area contributed by atoms with Gasteiger partial charge in [0.1, 0.15) is 12.2 Å². The molecule has 2 aliphatic rings. The van der Waals surface area contributed by atoms with E-state index in [0.29, 0.717) is 32.5 Å². The molecule has 1 unspecified atom stereocenters. The van der Waals surface area contributed by atoms with Crippen molar-refractivity contribution in [1.82, 2.24) is 14.7 Å². The average Bonchev–Trinajstić information content (AvgIpc) is 3.15. The molecule has 2 saturated heterocycles. The molecule has 3 rings (SSSR count). The molecule has 8 nitrogen and oxygen atoms in total. The number of carbonyl (C=O) groups excluding carboxylic acids is 1. The fourth-order valence-corrected chi connectivity index (χ4v) is 2.86. The Kier molecular flexibility index (Phi) is 4.12. The predicted molar refractivity (Wildman–Crippen MR) is 74.0 cm³/mol. The Hall–Kier alpha value is -1.93. The molecule has 0 radical (unpaired) electrons. The zero-order valence-corrected chi connectivity index (χ0v) is 12.3. The summed E-state index contributed by atoms with van der Waals surface area (Å²) in [5, 5.41) is 13.0. The zero-order chi connectivity index (χ0) is 15.7. The van der Waals surface area contributed by atoms with Gasteiger partial charge in [-0.2, -0.15) is 5.10 Å². The van der Waals surface area contributed by atoms with Crippen molar-refractivity contribution in [2.24, 2.45) is 7.05 Å². The van der Waals surface area contributed by atoms with Gasteiger partial charge in [0, 0.05) is 25.4 Å². The monoisotopic (exact) mass is 309 g/mol. The number of aliphatic carboxylic acids is 1. The summed E-state index contributed by atoms with van der Waals surface area (Å²) in [4.78, 5) is 25.1. The van der Waals surface area contributed by atoms with Gasteiger partial charge in [0.25, 0.3) is 5.91 Å². The molecule has 1 N–H and O–H groups in total. The van der Waals surface area contributed by atoms with Crippen LogP contribution in [0.3, 0.4) is 0 Å². The molecule has 3 heterocycles. The summed E-state index contributed by atoms with van der Waals surface area (Å²) >= 11 is 0. The molecule has 0 spiro atoms. The van der Waals surface area contributed by atoms with Crippen LogP contribution in [0, 0.1) is 0 Å². The van der Waals surface area contributed by atoms with Crippen molar-refractivity contribution in [3.05, 3.63) is 18.0 Å². The van der Waals surface area contributed by atoms with Gasteiger partial charge in [-0.3, -0.25) is 9.48 Å². The third-order valence-corrected chi connectivity index (χ3v) is 4.05. The lowest BCUT2D eigenvalue weighted by molar-refractivity contribution is -0.158. The molecule has 1 aromatic rings. The lowest BCUT2D eigenvalue weighted by Crippen LogP contribution is -2.46. The first-order valence-corrected chi connectivity index (χ1v) is 7.32. The molecule has 1 amide bonds. The van der Waals surface area contributed by atoms with Gasteiger partial charge in [0.05, 0.1) is 19.3 Å². The van der Waals surface area contributed by atoms with E-state index < -0.39 is 18.2 Å². The number of amides is 1. The van der Waals surface area contributed by atoms with Crippen LogP contribution < -0.4 is 0 Å². The van der Waals surface area contributed by atoms with E-state index in [1.165, 1.54) is 0 Å². The predicted octanol–water partition coefficient (Wildman–Crippen LogP) is -0.0478. The molecule has 0 saturated carbocycles. The van der Waals surface area contributed by atoms with E-state index in [0.717, 1.165) is 5.56 Å². The van der Waals surface area contributed by atoms with Crippen LogP contribution in [-0.2, 0) is 26.1 Å². The van der Waals surface area contributed by atoms with Crippen LogP contribution in [0.5, 0.6) is 0 Å². The van der Waals surface area contributed by atoms with E-state index in [-0.39, 0.29) is 12.0 Å². The molecule has 0 bridgehead atoms. The van der Waals surface area contributed by atoms with Crippen molar-refractivity contribution < 1.29 is 24.2 Å². The second-order valence-corrected chi connectivity index (χ2v) is 5.62. The molecule has 1 aromatic heterocycles. The first kappa shape index (κ1) is 15.0. The van der Waals surface area contributed by atoms with Crippen molar-refractivity contribution >= 4 is 11.9 Å². The Balaban J connectivity index is 1.62. The van der Waals surface area contributed by atoms with Crippen LogP contribution in [0.1, 0.15) is 24.5 Å². The normalized spacial score (nSPS) is 28.8. The molecular formula is C14H19N3O5. The smallest absolute Gasteiger partial charge is 0.332 e. The number of hydrogen-bond donors (Lipinski definition) is 1. The molecule has 120 valence electrons. The lowest BCUT2D eigenvalue weighted by atomic mass is 10.1. The van der Waals surface area contributed by atoms with E-state index in [2.05, 4.69) is 5.10 Å². The summed E-state index contributed by atoms with van der Waals surface area (Å²) in [6.07, 6.45) is 2.68. The number of carboxylic acid groups (broad SMARTS) is 1. The number of rotatable bonds is 3. The SMILES string of the molecule is Cn1cc(C2CN(C(=O)[C@@H]3CC[C@H](C(=O)O)O3)CCO2)cn1. The maximum absolute atomic E-state index is 12.5. The lowest BCUT2D eigenvalue weighted by Gasteiger charge is -2.33. The summed E-state index contributed by atoms with van der Waals surface area (Å²) < 4.78 is 12.7. The molecular weight excluding hydrogens is 290 g/mol. The minimum atomic E-state index is -1.01. The van der Waals surface area contributed by atoms with Crippen molar-refractivity contribution in [1.29, 1.82) is 0 Å². The van der Waals surface area contributed by atoms with Gasteiger partial charge < -0.3 is 19.5 Å². The summed E-state index contributed by atoms with van der Waals surface area (Å²) in [5.41, 5.74) is 0.927. The number of nitrogens with zero attached hydrogens (tertiary/aromatic N) is 3. The highest BCUT2D eigenvalue weighted by molar-refractivity contribution is 5.82. The summed E-state index contributed by atoms with van der Waals surface area (Å²) in [7, 11) is 1.83. The highest BCUT2D eigenvalue weighted by Gasteiger charge is 2.38. The molecule has 2 aliphatic heterocycles. The molecule has 0 aromatic carbocycles. The number of carbonyl (C=O) groups is 2. The summed E-state index contributed by atoms with van der Waals surface area (Å²) in [6.45, 7) is 1.37. The summed E-state index contributed by atoms with van der Waals surface area (Å²) in [6, 6.07) is 0. The Morgan fingerprint density at radius 3 is 2.77 bits per heavy atom. The highest BCUT2D eigenvalue weighted by atomic mass is 16.5. The van der Waals surface area contributed by atoms with E-state index in [1.807, 2.05) is 13.2 Å². The maximum Gasteiger partial charge on any atom is 0.332 e. The van der Waals surface area contributed by atoms with E-state index >= 15 is 0 Å². The zero-order valence-electron chi connectivity index (χ0n) is 12.3. The molecule has 0 aliphatic carbocycles. The average molecular weight is 309 g/mol. The van der Waals surface area contributed by atoms with Crippen molar-refractivity contribution in [2.45, 2.75) is 31.2 Å². The van der Waals surface area contributed by atoms with E-state index in [4.69, 9.17) is 14.6 Å². The second kappa shape index (κ2) is 6.05. The largest absolute Gasteiger partial charge is 0.479 e. The molecule has 8 heteroatoms. The molecule has 22 heavy (non-hydrogen) atoms. The Labute approximate surface area is 127 Å². The molecule has 2 fully saturated rings. The Morgan fingerprint density at radius 1 is 1.36 bits per heavy atom. The van der Waals surface area contributed by atoms with E-state index in [1.54, 1.807) is 15.8 Å². The number of carboxylic acids is 1. The van der Waals surface area contributed by atoms with Crippen LogP contribution in [0.2, 0.25) is 0 Å². The van der Waals surface area contributed by atoms with Gasteiger partial charge in [0.2, 0.25) is 0 Å². The number of aryl methyl sites for hydroxylation is 1. The first-order chi connectivity index (χ1) is 10.5. The second-order valence-electron chi connectivity index (χ2n) is 5.62. The fraction of sp³-hybridized carbons (Fsp3) is 0.643. The molecule has 3 atom stereocenters. The standard InChI is InChI=1S/C14H19N3O5/c1-16-7-9(6-15-16)12-8-17(4-5-21-12)13(18)10-2-3-11(22-10)14(19)20/h6-7,10-12H,2-5,8H2,1H3,(H,19,20)/t10-,11+,12?/m0/s1. The number of aromatic nitrogens is 2. The minimum absolute atomic E-state index is 0.152. The van der Waals surface area contributed by atoms with Gasteiger partial charge in [-0.05, 0) is 12.8 Å². The van der Waals surface area contributed by atoms with Crippen LogP contribution >= 0.6 is 0 Å². The van der Waals surface area contributed by atoms with Gasteiger partial charge in [-0.15, -0.1) is 0 Å². The quantitative estimate of drug-likeness (QED) is 0.841. The third kappa shape index (κ3) is 2.97. The summed E-state index contributed by atoms with van der Waals surface area (Å²) in [5.74, 6) is -1.16. The fourth-order valence-electron chi connectivity index (χ4n) is 2.86. The first-order valence-electron chi connectivity index (χ1n) is 7.32. The number of ether oxygens (including phenoxy) is 2. The minimum Gasteiger partial charge on any atom is -0.479 e. The van der Waals surface area contributed by atoms with Crippen LogP contribution in [-0.4, -0.2) is 63.6 Å². The van der Waals surface area contributed by atoms with Crippen LogP contribution in [0.15, 0.2) is 12.4 Å². The van der Waals surface area contributed by atoms with Crippen LogP contribution in [0.4, 0.5) is 0 Å². The van der Waals surface area contributed by atoms with Crippen molar-refractivity contribution in [3.63, 3.8) is 0 Å². The van der Waals surface area contributed by atoms with Gasteiger partial charge >= 0.3 is 5.97 Å². The maximum atomic E-state index is 12.5. The number of morpholine rings is 1. The van der Waals surface area contributed by atoms with Crippen LogP contribution in [0.25, 0.3) is 0 Å². The third-order valence-electron chi connectivity index (χ3n) is 4.05. The Morgan fingerprint density at radius 2 is 2.14 bits per heavy atom. The van der Waals surface area contributed by atoms with E-state index in [9.17, 15) is 9.59 Å². The topological polar surface area (TPSA) is 93.9 Å². The Bertz CT molecular complexity index is 573. The van der Waals surface area contributed by atoms with Gasteiger partial charge in [0.15, 0.2) is 6.10 Å². The number of hydrogen-bond acceptors (Lipinski definition) is 5. The van der Waals surface area contributed by atoms with Crippen molar-refractivity contribution in [2.75, 3.05) is 19.7 Å². The highest BCUT2D eigenvalue weighted by Crippen LogP contribution is 2.26. The van der Waals surface area contributed by atoms with Crippen molar-refractivity contribution in [3.8, 4) is 0 Å². The van der Waals surface area contributed by atoms with Gasteiger partial charge in [-0.1, -0.05) is 0 Å².